The SMILES string of the molecule is CCOC(=O)ON1CCN(C(=O)[C@H](CCC(=O)O)NC(=O)c2cc(N[C@@H](C)COC)nc(-c3ccccc3)n2)CC1. The summed E-state index contributed by atoms with van der Waals surface area (Å²) in [4.78, 5) is 65.2. The van der Waals surface area contributed by atoms with E-state index in [2.05, 4.69) is 20.6 Å². The molecule has 1 fully saturated rings. The van der Waals surface area contributed by atoms with E-state index in [4.69, 9.17) is 14.3 Å². The Kier molecular flexibility index (Phi) is 11.8. The first-order valence-corrected chi connectivity index (χ1v) is 13.3. The average Bonchev–Trinajstić information content (AvgIpc) is 2.95. The fourth-order valence-corrected chi connectivity index (χ4v) is 4.13. The third-order valence-corrected chi connectivity index (χ3v) is 6.07. The highest BCUT2D eigenvalue weighted by Crippen LogP contribution is 2.19. The number of nitrogens with zero attached hydrogens (tertiary/aromatic N) is 4. The molecule has 2 atom stereocenters. The molecule has 0 radical (unpaired) electrons. The van der Waals surface area contributed by atoms with Crippen LogP contribution >= 0.6 is 0 Å². The highest BCUT2D eigenvalue weighted by Gasteiger charge is 2.31. The Hall–Kier alpha value is -4.30. The number of ether oxygens (including phenoxy) is 2. The van der Waals surface area contributed by atoms with Gasteiger partial charge < -0.3 is 35.0 Å². The number of nitrogens with one attached hydrogen (secondary N) is 2. The van der Waals surface area contributed by atoms with E-state index < -0.39 is 30.0 Å². The third kappa shape index (κ3) is 9.69. The Morgan fingerprint density at radius 2 is 1.78 bits per heavy atom. The number of methoxy groups -OCH3 is 1. The summed E-state index contributed by atoms with van der Waals surface area (Å²) in [6, 6.07) is 9.35. The summed E-state index contributed by atoms with van der Waals surface area (Å²) in [5.41, 5.74) is 0.692. The van der Waals surface area contributed by atoms with Gasteiger partial charge in [-0.2, -0.15) is 0 Å². The van der Waals surface area contributed by atoms with Crippen LogP contribution in [-0.4, -0.2) is 108 Å². The minimum atomic E-state index is -1.12. The van der Waals surface area contributed by atoms with Crippen molar-refractivity contribution in [3.63, 3.8) is 0 Å². The molecule has 3 rings (SSSR count). The maximum absolute atomic E-state index is 13.4. The number of hydrogen-bond acceptors (Lipinski definition) is 11. The minimum Gasteiger partial charge on any atom is -0.481 e. The van der Waals surface area contributed by atoms with Gasteiger partial charge in [0.05, 0.1) is 26.3 Å². The highest BCUT2D eigenvalue weighted by molar-refractivity contribution is 5.97. The van der Waals surface area contributed by atoms with Crippen LogP contribution in [0.15, 0.2) is 36.4 Å². The summed E-state index contributed by atoms with van der Waals surface area (Å²) in [7, 11) is 1.58. The first kappa shape index (κ1) is 31.2. The highest BCUT2D eigenvalue weighted by atomic mass is 16.8. The first-order chi connectivity index (χ1) is 19.7. The summed E-state index contributed by atoms with van der Waals surface area (Å²) >= 11 is 0. The maximum atomic E-state index is 13.4. The Morgan fingerprint density at radius 1 is 1.07 bits per heavy atom. The number of aliphatic carboxylic acids is 1. The molecule has 1 aliphatic heterocycles. The molecule has 222 valence electrons. The van der Waals surface area contributed by atoms with Crippen LogP contribution in [0.25, 0.3) is 11.4 Å². The largest absolute Gasteiger partial charge is 0.527 e. The number of aromatic nitrogens is 2. The van der Waals surface area contributed by atoms with Gasteiger partial charge in [-0.05, 0) is 20.3 Å². The molecule has 0 aliphatic carbocycles. The number of carbonyl (C=O) groups is 4. The first-order valence-electron chi connectivity index (χ1n) is 13.3. The van der Waals surface area contributed by atoms with E-state index in [1.54, 1.807) is 14.0 Å². The number of hydroxylamine groups is 2. The molecular weight excluding hydrogens is 536 g/mol. The summed E-state index contributed by atoms with van der Waals surface area (Å²) in [5, 5.41) is 16.5. The monoisotopic (exact) mass is 572 g/mol. The number of carboxylic acids is 1. The van der Waals surface area contributed by atoms with Crippen LogP contribution < -0.4 is 10.6 Å². The lowest BCUT2D eigenvalue weighted by Crippen LogP contribution is -2.55. The molecule has 14 heteroatoms. The Labute approximate surface area is 237 Å². The second-order valence-electron chi connectivity index (χ2n) is 9.32. The number of amides is 2. The molecule has 1 aromatic heterocycles. The van der Waals surface area contributed by atoms with Crippen LogP contribution in [0.2, 0.25) is 0 Å². The minimum absolute atomic E-state index is 0.00625. The van der Waals surface area contributed by atoms with Crippen molar-refractivity contribution in [2.45, 2.75) is 38.8 Å². The fourth-order valence-electron chi connectivity index (χ4n) is 4.13. The second-order valence-corrected chi connectivity index (χ2v) is 9.32. The Balaban J connectivity index is 1.78. The van der Waals surface area contributed by atoms with E-state index in [0.717, 1.165) is 0 Å². The van der Waals surface area contributed by atoms with Gasteiger partial charge in [-0.3, -0.25) is 14.4 Å². The topological polar surface area (TPSA) is 173 Å². The number of carboxylic acid groups (broad SMARTS) is 1. The van der Waals surface area contributed by atoms with Crippen molar-refractivity contribution < 1.29 is 38.6 Å². The van der Waals surface area contributed by atoms with Gasteiger partial charge in [0.1, 0.15) is 17.6 Å². The van der Waals surface area contributed by atoms with Crippen molar-refractivity contribution in [3.8, 4) is 11.4 Å². The molecule has 0 saturated carbocycles. The van der Waals surface area contributed by atoms with Gasteiger partial charge in [-0.15, -0.1) is 5.06 Å². The number of benzene rings is 1. The number of piperazine rings is 1. The Morgan fingerprint density at radius 3 is 2.41 bits per heavy atom. The summed E-state index contributed by atoms with van der Waals surface area (Å²) in [6.07, 6.45) is -1.28. The van der Waals surface area contributed by atoms with E-state index in [1.165, 1.54) is 16.0 Å². The number of hydrogen-bond donors (Lipinski definition) is 3. The van der Waals surface area contributed by atoms with Gasteiger partial charge in [0.2, 0.25) is 5.91 Å². The van der Waals surface area contributed by atoms with Crippen LogP contribution in [0.1, 0.15) is 37.2 Å². The molecule has 41 heavy (non-hydrogen) atoms. The molecular formula is C27H36N6O8. The molecule has 2 amide bonds. The van der Waals surface area contributed by atoms with Crippen molar-refractivity contribution >= 4 is 29.8 Å². The van der Waals surface area contributed by atoms with Gasteiger partial charge in [-0.1, -0.05) is 30.3 Å². The molecule has 2 heterocycles. The molecule has 2 aromatic rings. The quantitative estimate of drug-likeness (QED) is 0.298. The zero-order valence-electron chi connectivity index (χ0n) is 23.4. The van der Waals surface area contributed by atoms with Crippen LogP contribution in [0.3, 0.4) is 0 Å². The van der Waals surface area contributed by atoms with E-state index in [0.29, 0.717) is 23.8 Å². The van der Waals surface area contributed by atoms with Gasteiger partial charge in [0.15, 0.2) is 5.82 Å². The normalized spacial score (nSPS) is 15.0. The van der Waals surface area contributed by atoms with Crippen molar-refractivity contribution in [2.24, 2.45) is 0 Å². The third-order valence-electron chi connectivity index (χ3n) is 6.07. The lowest BCUT2D eigenvalue weighted by Gasteiger charge is -2.35. The maximum Gasteiger partial charge on any atom is 0.527 e. The predicted molar refractivity (Wildman–Crippen MR) is 147 cm³/mol. The number of carbonyl (C=O) groups excluding carboxylic acids is 3. The van der Waals surface area contributed by atoms with E-state index in [-0.39, 0.29) is 57.4 Å². The van der Waals surface area contributed by atoms with Gasteiger partial charge in [0.25, 0.3) is 5.91 Å². The van der Waals surface area contributed by atoms with Crippen LogP contribution in [0.4, 0.5) is 10.6 Å². The van der Waals surface area contributed by atoms with Gasteiger partial charge in [-0.25, -0.2) is 14.8 Å². The molecule has 1 aliphatic rings. The lowest BCUT2D eigenvalue weighted by molar-refractivity contribution is -0.157. The fraction of sp³-hybridized carbons (Fsp3) is 0.481. The Bertz CT molecular complexity index is 1190. The molecule has 0 bridgehead atoms. The van der Waals surface area contributed by atoms with Crippen LogP contribution in [-0.2, 0) is 23.9 Å². The molecule has 0 unspecified atom stereocenters. The summed E-state index contributed by atoms with van der Waals surface area (Å²) in [5.74, 6) is -1.51. The lowest BCUT2D eigenvalue weighted by atomic mass is 10.1. The van der Waals surface area contributed by atoms with Crippen molar-refractivity contribution in [3.05, 3.63) is 42.1 Å². The van der Waals surface area contributed by atoms with Gasteiger partial charge in [0, 0.05) is 44.3 Å². The van der Waals surface area contributed by atoms with Crippen molar-refractivity contribution in [1.82, 2.24) is 25.2 Å². The zero-order chi connectivity index (χ0) is 29.8. The number of anilines is 1. The van der Waals surface area contributed by atoms with E-state index in [9.17, 15) is 24.3 Å². The van der Waals surface area contributed by atoms with E-state index in [1.807, 2.05) is 37.3 Å². The zero-order valence-corrected chi connectivity index (χ0v) is 23.4. The summed E-state index contributed by atoms with van der Waals surface area (Å²) < 4.78 is 9.95. The van der Waals surface area contributed by atoms with Crippen LogP contribution in [0.5, 0.6) is 0 Å². The van der Waals surface area contributed by atoms with Crippen molar-refractivity contribution in [1.29, 1.82) is 0 Å². The molecule has 1 aromatic carbocycles. The van der Waals surface area contributed by atoms with Crippen LogP contribution in [0, 0.1) is 0 Å². The van der Waals surface area contributed by atoms with E-state index >= 15 is 0 Å². The van der Waals surface area contributed by atoms with Gasteiger partial charge >= 0.3 is 12.1 Å². The second kappa shape index (κ2) is 15.5. The summed E-state index contributed by atoms with van der Waals surface area (Å²) in [6.45, 7) is 4.99. The standard InChI is InChI=1S/C27H36N6O8/c1-4-40-27(38)41-33-14-12-32(13-15-33)26(37)20(10-11-23(34)35)30-25(36)21-16-22(28-18(2)17-39-3)31-24(29-21)19-8-6-5-7-9-19/h5-9,16,18,20H,4,10-15,17H2,1-3H3,(H,30,36)(H,34,35)(H,28,29,31)/t18-,20-/m0/s1. The predicted octanol–water partition coefficient (Wildman–Crippen LogP) is 1.79. The molecule has 14 nitrogen and oxygen atoms in total. The molecule has 0 spiro atoms. The smallest absolute Gasteiger partial charge is 0.481 e. The molecule has 3 N–H and O–H groups in total. The van der Waals surface area contributed by atoms with Crippen molar-refractivity contribution in [2.75, 3.05) is 51.8 Å². The number of rotatable bonds is 13. The average molecular weight is 573 g/mol. The molecule has 1 saturated heterocycles.